The zero-order chi connectivity index (χ0) is 22.4. The predicted molar refractivity (Wildman–Crippen MR) is 119 cm³/mol. The molecule has 2 N–H and O–H groups in total. The summed E-state index contributed by atoms with van der Waals surface area (Å²) in [4.78, 5) is 9.15. The summed E-state index contributed by atoms with van der Waals surface area (Å²) in [5, 5.41) is 22.7. The van der Waals surface area contributed by atoms with Gasteiger partial charge in [0.1, 0.15) is 5.75 Å². The molecular formula is C24H31N3O4. The van der Waals surface area contributed by atoms with E-state index in [0.29, 0.717) is 11.7 Å². The first kappa shape index (κ1) is 22.9. The van der Waals surface area contributed by atoms with E-state index in [0.717, 1.165) is 53.0 Å². The van der Waals surface area contributed by atoms with Crippen LogP contribution < -0.4 is 4.74 Å². The van der Waals surface area contributed by atoms with Crippen molar-refractivity contribution < 1.29 is 19.5 Å². The van der Waals surface area contributed by atoms with Crippen LogP contribution in [0.3, 0.4) is 0 Å². The Labute approximate surface area is 183 Å². The highest BCUT2D eigenvalue weighted by atomic mass is 16.5. The van der Waals surface area contributed by atoms with Crippen molar-refractivity contribution in [1.29, 1.82) is 0 Å². The Balaban J connectivity index is 1.89. The van der Waals surface area contributed by atoms with Gasteiger partial charge in [-0.3, -0.25) is 4.98 Å². The molecule has 0 bridgehead atoms. The number of pyridine rings is 1. The molecule has 2 heterocycles. The van der Waals surface area contributed by atoms with Crippen LogP contribution in [-0.2, 0) is 19.3 Å². The third-order valence-corrected chi connectivity index (χ3v) is 5.42. The van der Waals surface area contributed by atoms with Crippen LogP contribution in [0.2, 0.25) is 0 Å². The molecule has 7 heteroatoms. The smallest absolute Gasteiger partial charge is 0.259 e. The highest BCUT2D eigenvalue weighted by Crippen LogP contribution is 2.31. The highest BCUT2D eigenvalue weighted by Gasteiger charge is 2.17. The van der Waals surface area contributed by atoms with E-state index in [1.807, 2.05) is 19.1 Å². The van der Waals surface area contributed by atoms with Gasteiger partial charge in [-0.25, -0.2) is 0 Å². The summed E-state index contributed by atoms with van der Waals surface area (Å²) in [7, 11) is 0. The summed E-state index contributed by atoms with van der Waals surface area (Å²) in [5.74, 6) is 1.43. The first-order valence-electron chi connectivity index (χ1n) is 10.8. The maximum atomic E-state index is 9.28. The molecule has 2 aromatic heterocycles. The average Bonchev–Trinajstić information content (AvgIpc) is 3.30. The largest absolute Gasteiger partial charge is 0.493 e. The Bertz CT molecular complexity index is 1010. The summed E-state index contributed by atoms with van der Waals surface area (Å²) in [5.41, 5.74) is 5.91. The molecule has 3 rings (SSSR count). The standard InChI is InChI=1S/C24H31N3O4/c1-5-17-9-20(11-25-21(17)7-3)24-26-23(27-31-24)19-8-15(4)22(18(6-2)10-19)30-14-16(12-28)13-29/h8-11,16,28-29H,5-7,12-14H2,1-4H3. The molecule has 1 aromatic carbocycles. The predicted octanol–water partition coefficient (Wildman–Crippen LogP) is 3.77. The molecule has 3 aromatic rings. The molecule has 0 spiro atoms. The van der Waals surface area contributed by atoms with E-state index in [1.165, 1.54) is 5.56 Å². The van der Waals surface area contributed by atoms with Gasteiger partial charge in [-0.15, -0.1) is 0 Å². The molecule has 0 saturated heterocycles. The van der Waals surface area contributed by atoms with E-state index in [2.05, 4.69) is 42.0 Å². The Kier molecular flexibility index (Phi) is 7.76. The number of hydrogen-bond acceptors (Lipinski definition) is 7. The third kappa shape index (κ3) is 5.11. The van der Waals surface area contributed by atoms with E-state index in [1.54, 1.807) is 6.20 Å². The molecule has 0 atom stereocenters. The summed E-state index contributed by atoms with van der Waals surface area (Å²) in [6.07, 6.45) is 4.34. The highest BCUT2D eigenvalue weighted by molar-refractivity contribution is 5.64. The van der Waals surface area contributed by atoms with Crippen molar-refractivity contribution in [2.45, 2.75) is 47.0 Å². The lowest BCUT2D eigenvalue weighted by atomic mass is 10.0. The monoisotopic (exact) mass is 425 g/mol. The van der Waals surface area contributed by atoms with Crippen LogP contribution in [0.4, 0.5) is 0 Å². The fraction of sp³-hybridized carbons (Fsp3) is 0.458. The molecule has 0 amide bonds. The first-order valence-corrected chi connectivity index (χ1v) is 10.8. The van der Waals surface area contributed by atoms with Gasteiger partial charge in [-0.05, 0) is 61.1 Å². The third-order valence-electron chi connectivity index (χ3n) is 5.42. The summed E-state index contributed by atoms with van der Waals surface area (Å²) in [6.45, 7) is 8.25. The Hall–Kier alpha value is -2.77. The zero-order valence-corrected chi connectivity index (χ0v) is 18.7. The van der Waals surface area contributed by atoms with Crippen molar-refractivity contribution in [1.82, 2.24) is 15.1 Å². The van der Waals surface area contributed by atoms with Gasteiger partial charge >= 0.3 is 0 Å². The molecule has 0 aliphatic heterocycles. The quantitative estimate of drug-likeness (QED) is 0.510. The van der Waals surface area contributed by atoms with Crippen molar-refractivity contribution in [2.24, 2.45) is 5.92 Å². The van der Waals surface area contributed by atoms with Crippen LogP contribution in [0.25, 0.3) is 22.8 Å². The number of hydrogen-bond donors (Lipinski definition) is 2. The van der Waals surface area contributed by atoms with E-state index in [-0.39, 0.29) is 25.7 Å². The minimum Gasteiger partial charge on any atom is -0.493 e. The van der Waals surface area contributed by atoms with Gasteiger partial charge in [0.15, 0.2) is 0 Å². The maximum Gasteiger partial charge on any atom is 0.259 e. The molecule has 0 unspecified atom stereocenters. The van der Waals surface area contributed by atoms with E-state index < -0.39 is 0 Å². The second-order valence-corrected chi connectivity index (χ2v) is 7.64. The number of aromatic nitrogens is 3. The second kappa shape index (κ2) is 10.5. The van der Waals surface area contributed by atoms with E-state index in [4.69, 9.17) is 9.26 Å². The summed E-state index contributed by atoms with van der Waals surface area (Å²) < 4.78 is 11.5. The minimum absolute atomic E-state index is 0.117. The van der Waals surface area contributed by atoms with Crippen LogP contribution in [0.1, 0.15) is 43.2 Å². The molecule has 0 radical (unpaired) electrons. The molecule has 0 saturated carbocycles. The Morgan fingerprint density at radius 2 is 1.68 bits per heavy atom. The van der Waals surface area contributed by atoms with Gasteiger partial charge in [-0.1, -0.05) is 25.9 Å². The summed E-state index contributed by atoms with van der Waals surface area (Å²) in [6, 6.07) is 6.03. The Morgan fingerprint density at radius 1 is 0.968 bits per heavy atom. The number of nitrogens with zero attached hydrogens (tertiary/aromatic N) is 3. The van der Waals surface area contributed by atoms with Crippen molar-refractivity contribution in [3.05, 3.63) is 46.8 Å². The fourth-order valence-corrected chi connectivity index (χ4v) is 3.55. The van der Waals surface area contributed by atoms with Crippen molar-refractivity contribution >= 4 is 0 Å². The Morgan fingerprint density at radius 3 is 2.32 bits per heavy atom. The fourth-order valence-electron chi connectivity index (χ4n) is 3.55. The number of benzene rings is 1. The van der Waals surface area contributed by atoms with Crippen LogP contribution in [-0.4, -0.2) is 45.2 Å². The van der Waals surface area contributed by atoms with Crippen molar-refractivity contribution in [3.8, 4) is 28.6 Å². The van der Waals surface area contributed by atoms with Crippen LogP contribution >= 0.6 is 0 Å². The first-order chi connectivity index (χ1) is 15.0. The molecular weight excluding hydrogens is 394 g/mol. The van der Waals surface area contributed by atoms with Crippen molar-refractivity contribution in [2.75, 3.05) is 19.8 Å². The van der Waals surface area contributed by atoms with Crippen LogP contribution in [0.15, 0.2) is 28.9 Å². The average molecular weight is 426 g/mol. The maximum absolute atomic E-state index is 9.28. The number of aliphatic hydroxyl groups excluding tert-OH is 2. The van der Waals surface area contributed by atoms with Crippen LogP contribution in [0, 0.1) is 12.8 Å². The minimum atomic E-state index is -0.302. The van der Waals surface area contributed by atoms with Gasteiger partial charge in [0.05, 0.1) is 25.4 Å². The lowest BCUT2D eigenvalue weighted by Crippen LogP contribution is -2.20. The lowest BCUT2D eigenvalue weighted by molar-refractivity contribution is 0.105. The zero-order valence-electron chi connectivity index (χ0n) is 18.7. The van der Waals surface area contributed by atoms with Gasteiger partial charge in [0, 0.05) is 23.4 Å². The SMILES string of the molecule is CCc1cc(-c2nc(-c3cc(C)c(OCC(CO)CO)c(CC)c3)no2)cnc1CC. The van der Waals surface area contributed by atoms with E-state index in [9.17, 15) is 10.2 Å². The number of ether oxygens (including phenoxy) is 1. The van der Waals surface area contributed by atoms with Gasteiger partial charge < -0.3 is 19.5 Å². The topological polar surface area (TPSA) is 102 Å². The molecule has 31 heavy (non-hydrogen) atoms. The molecule has 166 valence electrons. The molecule has 7 nitrogen and oxygen atoms in total. The van der Waals surface area contributed by atoms with Gasteiger partial charge in [0.2, 0.25) is 5.82 Å². The summed E-state index contributed by atoms with van der Waals surface area (Å²) >= 11 is 0. The van der Waals surface area contributed by atoms with Crippen LogP contribution in [0.5, 0.6) is 5.75 Å². The lowest BCUT2D eigenvalue weighted by Gasteiger charge is -2.17. The second-order valence-electron chi connectivity index (χ2n) is 7.64. The number of aryl methyl sites for hydroxylation is 4. The molecule has 0 aliphatic carbocycles. The van der Waals surface area contributed by atoms with Gasteiger partial charge in [-0.2, -0.15) is 4.98 Å². The van der Waals surface area contributed by atoms with E-state index >= 15 is 0 Å². The molecule has 0 fully saturated rings. The number of aliphatic hydroxyl groups is 2. The van der Waals surface area contributed by atoms with Crippen molar-refractivity contribution in [3.63, 3.8) is 0 Å². The normalized spacial score (nSPS) is 11.3. The van der Waals surface area contributed by atoms with Gasteiger partial charge in [0.25, 0.3) is 5.89 Å². The number of rotatable bonds is 10. The molecule has 0 aliphatic rings.